The minimum Gasteiger partial charge on any atom is -0.497 e. The Hall–Kier alpha value is -2.27. The molecule has 0 saturated carbocycles. The van der Waals surface area contributed by atoms with Crippen molar-refractivity contribution in [3.05, 3.63) is 42.2 Å². The van der Waals surface area contributed by atoms with Gasteiger partial charge in [0.2, 0.25) is 0 Å². The summed E-state index contributed by atoms with van der Waals surface area (Å²) in [6.45, 7) is 0. The van der Waals surface area contributed by atoms with Crippen LogP contribution >= 0.6 is 0 Å². The smallest absolute Gasteiger partial charge is 0.287 e. The second kappa shape index (κ2) is 5.74. The quantitative estimate of drug-likeness (QED) is 0.911. The molecule has 5 heteroatoms. The average molecular weight is 312 g/mol. The number of rotatable bonds is 4. The maximum atomic E-state index is 12.4. The minimum absolute atomic E-state index is 0.140. The molecule has 0 aliphatic carbocycles. The first kappa shape index (κ1) is 14.3. The topological polar surface area (TPSA) is 63.5 Å². The molecule has 3 unspecified atom stereocenters. The van der Waals surface area contributed by atoms with E-state index in [2.05, 4.69) is 10.6 Å². The molecule has 2 aliphatic heterocycles. The van der Waals surface area contributed by atoms with E-state index in [0.29, 0.717) is 23.6 Å². The summed E-state index contributed by atoms with van der Waals surface area (Å²) in [7, 11) is 1.63. The Kier molecular flexibility index (Phi) is 3.58. The summed E-state index contributed by atoms with van der Waals surface area (Å²) in [4.78, 5) is 12.4. The Morgan fingerprint density at radius 1 is 1.30 bits per heavy atom. The standard InChI is InChI=1S/C18H20N2O3/c1-22-13-4-2-3-11(9-13)16-7-8-17(23-16)18(21)20-15-10-12-5-6-14(15)19-12/h2-4,7-9,12,14-15,19H,5-6,10H2,1H3,(H,20,21). The van der Waals surface area contributed by atoms with Crippen LogP contribution in [0.1, 0.15) is 29.8 Å². The summed E-state index contributed by atoms with van der Waals surface area (Å²) < 4.78 is 11.0. The Bertz CT molecular complexity index is 725. The van der Waals surface area contributed by atoms with E-state index in [4.69, 9.17) is 9.15 Å². The van der Waals surface area contributed by atoms with Crippen LogP contribution in [0.2, 0.25) is 0 Å². The van der Waals surface area contributed by atoms with Crippen molar-refractivity contribution in [1.29, 1.82) is 0 Å². The fourth-order valence-electron chi connectivity index (χ4n) is 3.61. The van der Waals surface area contributed by atoms with Gasteiger partial charge in [-0.3, -0.25) is 4.79 Å². The lowest BCUT2D eigenvalue weighted by molar-refractivity contribution is 0.0903. The molecule has 4 rings (SSSR count). The molecule has 1 aromatic carbocycles. The fraction of sp³-hybridized carbons (Fsp3) is 0.389. The maximum absolute atomic E-state index is 12.4. The number of hydrogen-bond acceptors (Lipinski definition) is 4. The number of amides is 1. The highest BCUT2D eigenvalue weighted by atomic mass is 16.5. The van der Waals surface area contributed by atoms with Gasteiger partial charge in [-0.15, -0.1) is 0 Å². The van der Waals surface area contributed by atoms with Crippen molar-refractivity contribution in [2.45, 2.75) is 37.4 Å². The minimum atomic E-state index is -0.140. The molecular formula is C18H20N2O3. The summed E-state index contributed by atoms with van der Waals surface area (Å²) in [5.74, 6) is 1.64. The normalized spacial score (nSPS) is 25.5. The van der Waals surface area contributed by atoms with Crippen molar-refractivity contribution < 1.29 is 13.9 Å². The summed E-state index contributed by atoms with van der Waals surface area (Å²) in [5, 5.41) is 6.61. The van der Waals surface area contributed by atoms with Gasteiger partial charge in [-0.25, -0.2) is 0 Å². The van der Waals surface area contributed by atoms with E-state index in [9.17, 15) is 4.79 Å². The first-order chi connectivity index (χ1) is 11.2. The van der Waals surface area contributed by atoms with Crippen molar-refractivity contribution in [2.75, 3.05) is 7.11 Å². The van der Waals surface area contributed by atoms with E-state index >= 15 is 0 Å². The van der Waals surface area contributed by atoms with Crippen molar-refractivity contribution >= 4 is 5.91 Å². The maximum Gasteiger partial charge on any atom is 0.287 e. The third kappa shape index (κ3) is 2.72. The lowest BCUT2D eigenvalue weighted by atomic mass is 9.95. The lowest BCUT2D eigenvalue weighted by Crippen LogP contribution is -2.42. The van der Waals surface area contributed by atoms with Crippen molar-refractivity contribution in [3.8, 4) is 17.1 Å². The summed E-state index contributed by atoms with van der Waals surface area (Å²) in [6.07, 6.45) is 3.38. The largest absolute Gasteiger partial charge is 0.497 e. The highest BCUT2D eigenvalue weighted by molar-refractivity contribution is 5.92. The fourth-order valence-corrected chi connectivity index (χ4v) is 3.61. The molecule has 2 aliphatic rings. The first-order valence-corrected chi connectivity index (χ1v) is 8.04. The van der Waals surface area contributed by atoms with Crippen LogP contribution in [0, 0.1) is 0 Å². The van der Waals surface area contributed by atoms with Gasteiger partial charge in [-0.1, -0.05) is 12.1 Å². The molecule has 120 valence electrons. The predicted octanol–water partition coefficient (Wildman–Crippen LogP) is 2.58. The number of hydrogen-bond donors (Lipinski definition) is 2. The van der Waals surface area contributed by atoms with E-state index in [0.717, 1.165) is 24.2 Å². The SMILES string of the molecule is COc1cccc(-c2ccc(C(=O)NC3CC4CCC3N4)o2)c1. The van der Waals surface area contributed by atoms with Gasteiger partial charge in [0.1, 0.15) is 11.5 Å². The number of nitrogens with one attached hydrogen (secondary N) is 2. The van der Waals surface area contributed by atoms with Crippen LogP contribution in [0.4, 0.5) is 0 Å². The molecule has 2 fully saturated rings. The molecule has 0 radical (unpaired) electrons. The second-order valence-corrected chi connectivity index (χ2v) is 6.26. The van der Waals surface area contributed by atoms with Crippen LogP contribution in [0.15, 0.2) is 40.8 Å². The molecule has 2 saturated heterocycles. The summed E-state index contributed by atoms with van der Waals surface area (Å²) in [5.41, 5.74) is 0.894. The van der Waals surface area contributed by atoms with Gasteiger partial charge in [-0.05, 0) is 43.5 Å². The number of methoxy groups -OCH3 is 1. The highest BCUT2D eigenvalue weighted by Crippen LogP contribution is 2.29. The van der Waals surface area contributed by atoms with Crippen LogP contribution < -0.4 is 15.4 Å². The number of fused-ring (bicyclic) bond motifs is 2. The van der Waals surface area contributed by atoms with E-state index in [1.165, 1.54) is 6.42 Å². The Morgan fingerprint density at radius 2 is 2.22 bits per heavy atom. The highest BCUT2D eigenvalue weighted by Gasteiger charge is 2.39. The van der Waals surface area contributed by atoms with Gasteiger partial charge < -0.3 is 19.8 Å². The summed E-state index contributed by atoms with van der Waals surface area (Å²) >= 11 is 0. The third-order valence-corrected chi connectivity index (χ3v) is 4.80. The molecule has 1 aromatic heterocycles. The number of ether oxygens (including phenoxy) is 1. The van der Waals surface area contributed by atoms with Crippen molar-refractivity contribution in [2.24, 2.45) is 0 Å². The molecule has 23 heavy (non-hydrogen) atoms. The monoisotopic (exact) mass is 312 g/mol. The van der Waals surface area contributed by atoms with Gasteiger partial charge >= 0.3 is 0 Å². The lowest BCUT2D eigenvalue weighted by Gasteiger charge is -2.20. The molecular weight excluding hydrogens is 292 g/mol. The molecule has 1 amide bonds. The van der Waals surface area contributed by atoms with Crippen LogP contribution in [0.3, 0.4) is 0 Å². The molecule has 2 bridgehead atoms. The molecule has 2 N–H and O–H groups in total. The van der Waals surface area contributed by atoms with Crippen LogP contribution in [0.5, 0.6) is 5.75 Å². The Balaban J connectivity index is 1.47. The second-order valence-electron chi connectivity index (χ2n) is 6.26. The van der Waals surface area contributed by atoms with E-state index in [1.54, 1.807) is 13.2 Å². The predicted molar refractivity (Wildman–Crippen MR) is 86.5 cm³/mol. The van der Waals surface area contributed by atoms with Crippen molar-refractivity contribution in [1.82, 2.24) is 10.6 Å². The van der Waals surface area contributed by atoms with E-state index < -0.39 is 0 Å². The third-order valence-electron chi connectivity index (χ3n) is 4.80. The first-order valence-electron chi connectivity index (χ1n) is 8.04. The molecule has 2 aromatic rings. The molecule has 5 nitrogen and oxygen atoms in total. The van der Waals surface area contributed by atoms with Gasteiger partial charge in [-0.2, -0.15) is 0 Å². The van der Waals surface area contributed by atoms with E-state index in [-0.39, 0.29) is 11.9 Å². The molecule has 3 heterocycles. The zero-order valence-electron chi connectivity index (χ0n) is 13.0. The van der Waals surface area contributed by atoms with Crippen LogP contribution in [0.25, 0.3) is 11.3 Å². The van der Waals surface area contributed by atoms with Gasteiger partial charge in [0.25, 0.3) is 5.91 Å². The Morgan fingerprint density at radius 3 is 2.96 bits per heavy atom. The number of carbonyl (C=O) groups excluding carboxylic acids is 1. The average Bonchev–Trinajstić information content (AvgIpc) is 3.31. The number of furan rings is 1. The van der Waals surface area contributed by atoms with E-state index in [1.807, 2.05) is 30.3 Å². The van der Waals surface area contributed by atoms with Crippen LogP contribution in [-0.2, 0) is 0 Å². The van der Waals surface area contributed by atoms with Gasteiger partial charge in [0.15, 0.2) is 5.76 Å². The van der Waals surface area contributed by atoms with Gasteiger partial charge in [0.05, 0.1) is 7.11 Å². The summed E-state index contributed by atoms with van der Waals surface area (Å²) in [6, 6.07) is 12.3. The van der Waals surface area contributed by atoms with Crippen molar-refractivity contribution in [3.63, 3.8) is 0 Å². The molecule has 3 atom stereocenters. The number of benzene rings is 1. The Labute approximate surface area is 135 Å². The zero-order chi connectivity index (χ0) is 15.8. The zero-order valence-corrected chi connectivity index (χ0v) is 13.0. The number of carbonyl (C=O) groups is 1. The van der Waals surface area contributed by atoms with Crippen LogP contribution in [-0.4, -0.2) is 31.1 Å². The molecule has 0 spiro atoms. The van der Waals surface area contributed by atoms with Gasteiger partial charge in [0, 0.05) is 23.7 Å².